The molecule has 0 amide bonds. The van der Waals surface area contributed by atoms with Crippen LogP contribution in [0.15, 0.2) is 0 Å². The third-order valence-electron chi connectivity index (χ3n) is 4.72. The van der Waals surface area contributed by atoms with Crippen LogP contribution in [-0.2, 0) is 4.74 Å². The Bertz CT molecular complexity index is 198. The van der Waals surface area contributed by atoms with Crippen molar-refractivity contribution in [1.82, 2.24) is 5.32 Å². The molecule has 0 bridgehead atoms. The number of hydrogen-bond donors (Lipinski definition) is 1. The van der Waals surface area contributed by atoms with Gasteiger partial charge in [0.15, 0.2) is 0 Å². The minimum Gasteiger partial charge on any atom is -0.377 e. The third kappa shape index (κ3) is 6.27. The standard InChI is InChI=1S/C17H35NO/c1-4-6-8-11-16(12-9-7-5-2)18-15-17(19-3)13-10-14-17/h16,18H,4-15H2,1-3H3. The van der Waals surface area contributed by atoms with E-state index in [9.17, 15) is 0 Å². The van der Waals surface area contributed by atoms with E-state index in [-0.39, 0.29) is 5.60 Å². The predicted octanol–water partition coefficient (Wildman–Crippen LogP) is 4.67. The highest BCUT2D eigenvalue weighted by Gasteiger charge is 2.36. The van der Waals surface area contributed by atoms with Crippen molar-refractivity contribution in [3.63, 3.8) is 0 Å². The minimum absolute atomic E-state index is 0.174. The fourth-order valence-electron chi connectivity index (χ4n) is 2.98. The largest absolute Gasteiger partial charge is 0.377 e. The maximum atomic E-state index is 5.71. The maximum absolute atomic E-state index is 5.71. The van der Waals surface area contributed by atoms with Gasteiger partial charge in [0.25, 0.3) is 0 Å². The summed E-state index contributed by atoms with van der Waals surface area (Å²) in [6.07, 6.45) is 14.7. The van der Waals surface area contributed by atoms with Gasteiger partial charge < -0.3 is 10.1 Å². The van der Waals surface area contributed by atoms with Gasteiger partial charge >= 0.3 is 0 Å². The Hall–Kier alpha value is -0.0800. The first kappa shape index (κ1) is 17.0. The van der Waals surface area contributed by atoms with Crippen LogP contribution in [-0.4, -0.2) is 25.3 Å². The molecule has 0 aromatic carbocycles. The maximum Gasteiger partial charge on any atom is 0.0802 e. The average Bonchev–Trinajstić information content (AvgIpc) is 2.38. The Morgan fingerprint density at radius 1 is 1.00 bits per heavy atom. The molecule has 0 atom stereocenters. The van der Waals surface area contributed by atoms with Gasteiger partial charge in [0.1, 0.15) is 0 Å². The van der Waals surface area contributed by atoms with Crippen LogP contribution in [0.3, 0.4) is 0 Å². The van der Waals surface area contributed by atoms with Gasteiger partial charge in [-0.25, -0.2) is 0 Å². The van der Waals surface area contributed by atoms with E-state index in [0.29, 0.717) is 6.04 Å². The van der Waals surface area contributed by atoms with E-state index >= 15 is 0 Å². The quantitative estimate of drug-likeness (QED) is 0.520. The van der Waals surface area contributed by atoms with E-state index in [1.807, 2.05) is 7.11 Å². The molecule has 0 aromatic heterocycles. The number of rotatable bonds is 12. The van der Waals surface area contributed by atoms with Crippen LogP contribution in [0.2, 0.25) is 0 Å². The number of unbranched alkanes of at least 4 members (excludes halogenated alkanes) is 4. The Labute approximate surface area is 120 Å². The van der Waals surface area contributed by atoms with E-state index in [1.54, 1.807) is 0 Å². The first-order valence-electron chi connectivity index (χ1n) is 8.55. The number of hydrogen-bond acceptors (Lipinski definition) is 2. The fraction of sp³-hybridized carbons (Fsp3) is 1.00. The summed E-state index contributed by atoms with van der Waals surface area (Å²) < 4.78 is 5.71. The van der Waals surface area contributed by atoms with Crippen molar-refractivity contribution >= 4 is 0 Å². The first-order valence-corrected chi connectivity index (χ1v) is 8.55. The van der Waals surface area contributed by atoms with Gasteiger partial charge in [0.05, 0.1) is 5.60 Å². The second kappa shape index (κ2) is 9.77. The summed E-state index contributed by atoms with van der Waals surface area (Å²) in [6, 6.07) is 0.714. The van der Waals surface area contributed by atoms with Crippen LogP contribution in [0, 0.1) is 0 Å². The van der Waals surface area contributed by atoms with Crippen molar-refractivity contribution in [1.29, 1.82) is 0 Å². The summed E-state index contributed by atoms with van der Waals surface area (Å²) in [7, 11) is 1.88. The Balaban J connectivity index is 2.25. The molecule has 0 spiro atoms. The molecule has 1 aliphatic rings. The van der Waals surface area contributed by atoms with Crippen molar-refractivity contribution in [3.8, 4) is 0 Å². The molecule has 0 radical (unpaired) electrons. The summed E-state index contributed by atoms with van der Waals surface area (Å²) in [4.78, 5) is 0. The van der Waals surface area contributed by atoms with Crippen molar-refractivity contribution in [2.24, 2.45) is 0 Å². The average molecular weight is 269 g/mol. The molecule has 0 saturated heterocycles. The Morgan fingerprint density at radius 2 is 1.58 bits per heavy atom. The van der Waals surface area contributed by atoms with Gasteiger partial charge in [-0.1, -0.05) is 52.4 Å². The summed E-state index contributed by atoms with van der Waals surface area (Å²) in [5, 5.41) is 3.81. The molecule has 1 rings (SSSR count). The highest BCUT2D eigenvalue weighted by atomic mass is 16.5. The van der Waals surface area contributed by atoms with Crippen LogP contribution >= 0.6 is 0 Å². The Kier molecular flexibility index (Phi) is 8.72. The summed E-state index contributed by atoms with van der Waals surface area (Å²) >= 11 is 0. The van der Waals surface area contributed by atoms with Gasteiger partial charge in [-0.15, -0.1) is 0 Å². The van der Waals surface area contributed by atoms with Crippen LogP contribution in [0.5, 0.6) is 0 Å². The van der Waals surface area contributed by atoms with E-state index in [2.05, 4.69) is 19.2 Å². The van der Waals surface area contributed by atoms with E-state index in [1.165, 1.54) is 70.6 Å². The second-order valence-corrected chi connectivity index (χ2v) is 6.31. The highest BCUT2D eigenvalue weighted by molar-refractivity contribution is 4.92. The van der Waals surface area contributed by atoms with Crippen LogP contribution in [0.4, 0.5) is 0 Å². The van der Waals surface area contributed by atoms with Crippen molar-refractivity contribution in [3.05, 3.63) is 0 Å². The van der Waals surface area contributed by atoms with Gasteiger partial charge in [0, 0.05) is 19.7 Å². The van der Waals surface area contributed by atoms with Gasteiger partial charge in [-0.3, -0.25) is 0 Å². The number of nitrogens with one attached hydrogen (secondary N) is 1. The molecule has 2 heteroatoms. The lowest BCUT2D eigenvalue weighted by Gasteiger charge is -2.41. The zero-order valence-corrected chi connectivity index (χ0v) is 13.5. The molecule has 19 heavy (non-hydrogen) atoms. The highest BCUT2D eigenvalue weighted by Crippen LogP contribution is 2.34. The van der Waals surface area contributed by atoms with Crippen LogP contribution in [0.25, 0.3) is 0 Å². The SMILES string of the molecule is CCCCCC(CCCCC)NCC1(OC)CCC1. The molecule has 1 fully saturated rings. The zero-order valence-electron chi connectivity index (χ0n) is 13.5. The molecule has 2 nitrogen and oxygen atoms in total. The normalized spacial score (nSPS) is 17.7. The topological polar surface area (TPSA) is 21.3 Å². The predicted molar refractivity (Wildman–Crippen MR) is 83.7 cm³/mol. The number of methoxy groups -OCH3 is 1. The summed E-state index contributed by atoms with van der Waals surface area (Å²) in [5.41, 5.74) is 0.174. The monoisotopic (exact) mass is 269 g/mol. The number of ether oxygens (including phenoxy) is 1. The smallest absolute Gasteiger partial charge is 0.0802 e. The molecule has 0 aromatic rings. The summed E-state index contributed by atoms with van der Waals surface area (Å²) in [5.74, 6) is 0. The first-order chi connectivity index (χ1) is 9.26. The fourth-order valence-corrected chi connectivity index (χ4v) is 2.98. The molecule has 0 unspecified atom stereocenters. The van der Waals surface area contributed by atoms with Gasteiger partial charge in [0.2, 0.25) is 0 Å². The molecule has 1 aliphatic carbocycles. The van der Waals surface area contributed by atoms with E-state index < -0.39 is 0 Å². The lowest BCUT2D eigenvalue weighted by molar-refractivity contribution is -0.0711. The van der Waals surface area contributed by atoms with Gasteiger partial charge in [-0.05, 0) is 32.1 Å². The molecular formula is C17H35NO. The molecule has 0 heterocycles. The third-order valence-corrected chi connectivity index (χ3v) is 4.72. The molecule has 0 aliphatic heterocycles. The van der Waals surface area contributed by atoms with Crippen molar-refractivity contribution < 1.29 is 4.74 Å². The lowest BCUT2D eigenvalue weighted by atomic mass is 9.79. The minimum atomic E-state index is 0.174. The molecule has 1 saturated carbocycles. The molecular weight excluding hydrogens is 234 g/mol. The van der Waals surface area contributed by atoms with Crippen molar-refractivity contribution in [2.75, 3.05) is 13.7 Å². The molecule has 114 valence electrons. The van der Waals surface area contributed by atoms with Crippen molar-refractivity contribution in [2.45, 2.75) is 96.1 Å². The van der Waals surface area contributed by atoms with Gasteiger partial charge in [-0.2, -0.15) is 0 Å². The second-order valence-electron chi connectivity index (χ2n) is 6.31. The Morgan fingerprint density at radius 3 is 1.95 bits per heavy atom. The lowest BCUT2D eigenvalue weighted by Crippen LogP contribution is -2.50. The van der Waals surface area contributed by atoms with E-state index in [4.69, 9.17) is 4.74 Å². The van der Waals surface area contributed by atoms with Crippen LogP contribution < -0.4 is 5.32 Å². The van der Waals surface area contributed by atoms with E-state index in [0.717, 1.165) is 6.54 Å². The zero-order chi connectivity index (χ0) is 14.0. The molecule has 1 N–H and O–H groups in total. The van der Waals surface area contributed by atoms with Crippen LogP contribution in [0.1, 0.15) is 84.5 Å². The summed E-state index contributed by atoms with van der Waals surface area (Å²) in [6.45, 7) is 5.63.